The number of carbonyl (C=O) groups is 1. The first-order valence-electron chi connectivity index (χ1n) is 9.49. The SMILES string of the molecule is CNc1cc(Nc2cc(Cl)cnc2OC(C)C)nc2c(C(=O)NC3COC3)cnn12. The van der Waals surface area contributed by atoms with Gasteiger partial charge in [0.15, 0.2) is 5.65 Å². The first-order valence-corrected chi connectivity index (χ1v) is 9.86. The number of carbonyl (C=O) groups excluding carboxylic acids is 1. The zero-order valence-corrected chi connectivity index (χ0v) is 17.5. The minimum Gasteiger partial charge on any atom is -0.473 e. The lowest BCUT2D eigenvalue weighted by Crippen LogP contribution is -2.48. The molecule has 158 valence electrons. The van der Waals surface area contributed by atoms with Gasteiger partial charge in [0.1, 0.15) is 22.9 Å². The molecule has 1 saturated heterocycles. The van der Waals surface area contributed by atoms with Gasteiger partial charge in [-0.2, -0.15) is 9.61 Å². The third kappa shape index (κ3) is 4.10. The standard InChI is InChI=1S/C19H22ClN7O3/c1-10(2)30-19-14(4-11(20)6-22-19)25-15-5-16(21-3)27-17(26-15)13(7-23-27)18(28)24-12-8-29-9-12/h4-7,10,12,21H,8-9H2,1-3H3,(H,24,28)(H,25,26). The molecule has 0 atom stereocenters. The second kappa shape index (κ2) is 8.33. The third-order valence-corrected chi connectivity index (χ3v) is 4.58. The summed E-state index contributed by atoms with van der Waals surface area (Å²) in [6, 6.07) is 3.48. The maximum atomic E-state index is 12.7. The van der Waals surface area contributed by atoms with Crippen molar-refractivity contribution in [2.45, 2.75) is 26.0 Å². The van der Waals surface area contributed by atoms with Crippen molar-refractivity contribution in [1.82, 2.24) is 24.9 Å². The maximum Gasteiger partial charge on any atom is 0.257 e. The van der Waals surface area contributed by atoms with Crippen molar-refractivity contribution in [3.05, 3.63) is 35.1 Å². The zero-order valence-electron chi connectivity index (χ0n) is 16.8. The summed E-state index contributed by atoms with van der Waals surface area (Å²) in [6.45, 7) is 4.84. The van der Waals surface area contributed by atoms with Gasteiger partial charge in [0.05, 0.1) is 36.6 Å². The van der Waals surface area contributed by atoms with Crippen LogP contribution in [0.15, 0.2) is 24.5 Å². The number of anilines is 3. The Balaban J connectivity index is 1.70. The molecule has 0 spiro atoms. The van der Waals surface area contributed by atoms with Gasteiger partial charge in [0.2, 0.25) is 5.88 Å². The number of hydrogen-bond acceptors (Lipinski definition) is 8. The molecule has 0 radical (unpaired) electrons. The van der Waals surface area contributed by atoms with Crippen LogP contribution in [0.1, 0.15) is 24.2 Å². The molecule has 0 aliphatic carbocycles. The summed E-state index contributed by atoms with van der Waals surface area (Å²) >= 11 is 6.12. The number of amides is 1. The van der Waals surface area contributed by atoms with Gasteiger partial charge < -0.3 is 25.4 Å². The number of halogens is 1. The van der Waals surface area contributed by atoms with Gasteiger partial charge in [-0.15, -0.1) is 0 Å². The molecule has 1 aliphatic heterocycles. The van der Waals surface area contributed by atoms with E-state index in [9.17, 15) is 4.79 Å². The number of pyridine rings is 1. The van der Waals surface area contributed by atoms with Crippen LogP contribution in [0.3, 0.4) is 0 Å². The molecule has 0 bridgehead atoms. The second-order valence-electron chi connectivity index (χ2n) is 7.08. The van der Waals surface area contributed by atoms with E-state index in [2.05, 4.69) is 31.0 Å². The average Bonchev–Trinajstić information content (AvgIpc) is 3.10. The number of ether oxygens (including phenoxy) is 2. The van der Waals surface area contributed by atoms with Gasteiger partial charge in [0.25, 0.3) is 5.91 Å². The summed E-state index contributed by atoms with van der Waals surface area (Å²) < 4.78 is 12.4. The van der Waals surface area contributed by atoms with Crippen molar-refractivity contribution >= 4 is 40.5 Å². The molecule has 3 N–H and O–H groups in total. The van der Waals surface area contributed by atoms with E-state index in [1.165, 1.54) is 12.4 Å². The molecule has 30 heavy (non-hydrogen) atoms. The lowest BCUT2D eigenvalue weighted by molar-refractivity contribution is -0.00343. The smallest absolute Gasteiger partial charge is 0.257 e. The van der Waals surface area contributed by atoms with Crippen molar-refractivity contribution in [2.24, 2.45) is 0 Å². The summed E-state index contributed by atoms with van der Waals surface area (Å²) in [4.78, 5) is 21.5. The van der Waals surface area contributed by atoms with Gasteiger partial charge in [-0.3, -0.25) is 4.79 Å². The molecule has 11 heteroatoms. The predicted octanol–water partition coefficient (Wildman–Crippen LogP) is 2.48. The molecule has 3 aromatic heterocycles. The molecule has 4 heterocycles. The van der Waals surface area contributed by atoms with Crippen molar-refractivity contribution in [3.8, 4) is 5.88 Å². The summed E-state index contributed by atoms with van der Waals surface area (Å²) in [5, 5.41) is 13.9. The molecule has 10 nitrogen and oxygen atoms in total. The first kappa shape index (κ1) is 20.2. The maximum absolute atomic E-state index is 12.7. The Hall–Kier alpha value is -3.11. The Kier molecular flexibility index (Phi) is 5.60. The van der Waals surface area contributed by atoms with Crippen LogP contribution in [-0.4, -0.2) is 57.9 Å². The summed E-state index contributed by atoms with van der Waals surface area (Å²) in [5.41, 5.74) is 1.33. The predicted molar refractivity (Wildman–Crippen MR) is 113 cm³/mol. The lowest BCUT2D eigenvalue weighted by atomic mass is 10.2. The fourth-order valence-electron chi connectivity index (χ4n) is 2.92. The summed E-state index contributed by atoms with van der Waals surface area (Å²) in [6.07, 6.45) is 2.95. The van der Waals surface area contributed by atoms with Gasteiger partial charge in [-0.05, 0) is 19.9 Å². The van der Waals surface area contributed by atoms with Crippen molar-refractivity contribution in [2.75, 3.05) is 30.9 Å². The van der Waals surface area contributed by atoms with E-state index in [4.69, 9.17) is 21.1 Å². The molecule has 4 rings (SSSR count). The van der Waals surface area contributed by atoms with Crippen LogP contribution >= 0.6 is 11.6 Å². The highest BCUT2D eigenvalue weighted by atomic mass is 35.5. The number of nitrogens with one attached hydrogen (secondary N) is 3. The number of rotatable bonds is 7. The highest BCUT2D eigenvalue weighted by Crippen LogP contribution is 2.30. The van der Waals surface area contributed by atoms with E-state index in [1.54, 1.807) is 23.7 Å². The number of nitrogens with zero attached hydrogens (tertiary/aromatic N) is 4. The number of aromatic nitrogens is 4. The van der Waals surface area contributed by atoms with E-state index < -0.39 is 0 Å². The fourth-order valence-corrected chi connectivity index (χ4v) is 3.08. The van der Waals surface area contributed by atoms with Crippen molar-refractivity contribution in [1.29, 1.82) is 0 Å². The molecule has 1 amide bonds. The topological polar surface area (TPSA) is 115 Å². The Bertz CT molecular complexity index is 1080. The van der Waals surface area contributed by atoms with Gasteiger partial charge in [-0.25, -0.2) is 9.97 Å². The second-order valence-corrected chi connectivity index (χ2v) is 7.51. The van der Waals surface area contributed by atoms with Crippen molar-refractivity contribution < 1.29 is 14.3 Å². The first-order chi connectivity index (χ1) is 14.4. The van der Waals surface area contributed by atoms with Gasteiger partial charge in [-0.1, -0.05) is 11.6 Å². The van der Waals surface area contributed by atoms with E-state index in [1.807, 2.05) is 13.8 Å². The Morgan fingerprint density at radius 3 is 2.80 bits per heavy atom. The minimum absolute atomic E-state index is 0.00537. The van der Waals surface area contributed by atoms with E-state index in [0.717, 1.165) is 0 Å². The summed E-state index contributed by atoms with van der Waals surface area (Å²) in [5.74, 6) is 1.28. The molecular formula is C19H22ClN7O3. The highest BCUT2D eigenvalue weighted by molar-refractivity contribution is 6.30. The van der Waals surface area contributed by atoms with Crippen LogP contribution in [0.2, 0.25) is 5.02 Å². The van der Waals surface area contributed by atoms with Crippen LogP contribution < -0.4 is 20.7 Å². The van der Waals surface area contributed by atoms with Crippen molar-refractivity contribution in [3.63, 3.8) is 0 Å². The van der Waals surface area contributed by atoms with Gasteiger partial charge in [0, 0.05) is 19.3 Å². The average molecular weight is 432 g/mol. The quantitative estimate of drug-likeness (QED) is 0.522. The zero-order chi connectivity index (χ0) is 21.3. The molecule has 0 saturated carbocycles. The molecule has 1 fully saturated rings. The Morgan fingerprint density at radius 2 is 2.13 bits per heavy atom. The van der Waals surface area contributed by atoms with Gasteiger partial charge >= 0.3 is 0 Å². The monoisotopic (exact) mass is 431 g/mol. The third-order valence-electron chi connectivity index (χ3n) is 4.37. The lowest BCUT2D eigenvalue weighted by Gasteiger charge is -2.26. The minimum atomic E-state index is -0.252. The molecule has 0 aromatic carbocycles. The largest absolute Gasteiger partial charge is 0.473 e. The van der Waals surface area contributed by atoms with Crippen LogP contribution in [0.25, 0.3) is 5.65 Å². The normalized spacial score (nSPS) is 13.9. The highest BCUT2D eigenvalue weighted by Gasteiger charge is 2.24. The van der Waals surface area contributed by atoms with Crippen LogP contribution in [0.5, 0.6) is 5.88 Å². The molecule has 1 aliphatic rings. The number of fused-ring (bicyclic) bond motifs is 1. The molecule has 0 unspecified atom stereocenters. The van der Waals surface area contributed by atoms with E-state index in [-0.39, 0.29) is 18.1 Å². The van der Waals surface area contributed by atoms with E-state index in [0.29, 0.717) is 52.7 Å². The van der Waals surface area contributed by atoms with E-state index >= 15 is 0 Å². The fraction of sp³-hybridized carbons (Fsp3) is 0.368. The molecule has 3 aromatic rings. The molecular weight excluding hydrogens is 410 g/mol. The van der Waals surface area contributed by atoms with Crippen LogP contribution in [0, 0.1) is 0 Å². The van der Waals surface area contributed by atoms with Crippen LogP contribution in [-0.2, 0) is 4.74 Å². The Labute approximate surface area is 177 Å². The Morgan fingerprint density at radius 1 is 1.33 bits per heavy atom. The van der Waals surface area contributed by atoms with Crippen LogP contribution in [0.4, 0.5) is 17.3 Å². The number of hydrogen-bond donors (Lipinski definition) is 3. The summed E-state index contributed by atoms with van der Waals surface area (Å²) in [7, 11) is 1.76.